The van der Waals surface area contributed by atoms with Gasteiger partial charge >= 0.3 is 0 Å². The lowest BCUT2D eigenvalue weighted by atomic mass is 9.78. The topological polar surface area (TPSA) is 80.1 Å². The summed E-state index contributed by atoms with van der Waals surface area (Å²) in [5, 5.41) is 11.8. The number of benzene rings is 1. The van der Waals surface area contributed by atoms with Crippen LogP contribution in [0.2, 0.25) is 0 Å². The van der Waals surface area contributed by atoms with E-state index in [9.17, 15) is 9.59 Å². The number of piperidine rings is 1. The second kappa shape index (κ2) is 7.98. The summed E-state index contributed by atoms with van der Waals surface area (Å²) in [4.78, 5) is 27.8. The molecule has 2 bridgehead atoms. The van der Waals surface area contributed by atoms with Gasteiger partial charge in [0.2, 0.25) is 5.91 Å². The number of carbonyl (C=O) groups excluding carboxylic acids is 1. The van der Waals surface area contributed by atoms with Crippen molar-refractivity contribution in [2.45, 2.75) is 25.3 Å². The Morgan fingerprint density at radius 1 is 1.03 bits per heavy atom. The predicted molar refractivity (Wildman–Crippen MR) is 119 cm³/mol. The number of hydrogen-bond acceptors (Lipinski definition) is 5. The van der Waals surface area contributed by atoms with Crippen LogP contribution in [0, 0.1) is 5.92 Å². The molecule has 3 atom stereocenters. The number of aromatic nitrogens is 3. The lowest BCUT2D eigenvalue weighted by molar-refractivity contribution is -0.126. The fourth-order valence-corrected chi connectivity index (χ4v) is 4.99. The van der Waals surface area contributed by atoms with Crippen LogP contribution in [0.1, 0.15) is 31.0 Å². The van der Waals surface area contributed by atoms with E-state index < -0.39 is 6.04 Å². The zero-order valence-corrected chi connectivity index (χ0v) is 17.4. The van der Waals surface area contributed by atoms with E-state index >= 15 is 0 Å². The zero-order chi connectivity index (χ0) is 21.4. The number of nitrogens with zero attached hydrogens (tertiary/aromatic N) is 4. The van der Waals surface area contributed by atoms with E-state index in [1.54, 1.807) is 16.7 Å². The van der Waals surface area contributed by atoms with Gasteiger partial charge in [-0.2, -0.15) is 0 Å². The first-order valence-corrected chi connectivity index (χ1v) is 10.8. The Labute approximate surface area is 180 Å². The number of carbonyl (C=O) groups is 1. The van der Waals surface area contributed by atoms with Crippen LogP contribution >= 0.6 is 0 Å². The van der Waals surface area contributed by atoms with Crippen molar-refractivity contribution in [1.29, 1.82) is 0 Å². The lowest BCUT2D eigenvalue weighted by Gasteiger charge is -2.46. The average molecular weight is 415 g/mol. The van der Waals surface area contributed by atoms with Gasteiger partial charge in [-0.05, 0) is 31.5 Å². The second-order valence-corrected chi connectivity index (χ2v) is 8.24. The van der Waals surface area contributed by atoms with Crippen LogP contribution in [-0.2, 0) is 4.79 Å². The van der Waals surface area contributed by atoms with Crippen LogP contribution in [-0.4, -0.2) is 40.3 Å². The van der Waals surface area contributed by atoms with Gasteiger partial charge in [0.05, 0.1) is 5.69 Å². The molecule has 4 heterocycles. The van der Waals surface area contributed by atoms with Crippen molar-refractivity contribution in [1.82, 2.24) is 20.1 Å². The first-order chi connectivity index (χ1) is 15.2. The number of pyridine rings is 1. The first-order valence-electron chi connectivity index (χ1n) is 10.8. The smallest absolute Gasteiger partial charge is 0.251 e. The maximum atomic E-state index is 12.9. The quantitative estimate of drug-likeness (QED) is 0.709. The number of rotatable bonds is 4. The van der Waals surface area contributed by atoms with Gasteiger partial charge in [-0.15, -0.1) is 10.2 Å². The number of hydrogen-bond donors (Lipinski definition) is 1. The summed E-state index contributed by atoms with van der Waals surface area (Å²) < 4.78 is 1.71. The Hall–Kier alpha value is -3.48. The molecule has 31 heavy (non-hydrogen) atoms. The molecule has 3 aromatic rings. The number of amides is 1. The maximum absolute atomic E-state index is 12.9. The van der Waals surface area contributed by atoms with Gasteiger partial charge in [0.15, 0.2) is 5.82 Å². The first kappa shape index (κ1) is 19.5. The minimum atomic E-state index is -0.501. The molecule has 7 nitrogen and oxygen atoms in total. The van der Waals surface area contributed by atoms with Crippen LogP contribution in [0.4, 0.5) is 5.82 Å². The Bertz CT molecular complexity index is 1140. The summed E-state index contributed by atoms with van der Waals surface area (Å²) in [6.45, 7) is 3.85. The van der Waals surface area contributed by atoms with Crippen LogP contribution in [0.3, 0.4) is 0 Å². The summed E-state index contributed by atoms with van der Waals surface area (Å²) in [7, 11) is 0. The highest BCUT2D eigenvalue weighted by atomic mass is 16.2. The van der Waals surface area contributed by atoms with Crippen molar-refractivity contribution in [3.05, 3.63) is 76.7 Å². The molecule has 158 valence electrons. The van der Waals surface area contributed by atoms with E-state index in [1.165, 1.54) is 0 Å². The summed E-state index contributed by atoms with van der Waals surface area (Å²) in [6.07, 6.45) is 0.886. The van der Waals surface area contributed by atoms with E-state index in [0.29, 0.717) is 13.1 Å². The third kappa shape index (κ3) is 3.50. The van der Waals surface area contributed by atoms with E-state index in [-0.39, 0.29) is 23.3 Å². The molecule has 1 N–H and O–H groups in total. The molecular formula is C24H25N5O2. The van der Waals surface area contributed by atoms with Gasteiger partial charge in [-0.25, -0.2) is 0 Å². The number of fused-ring (bicyclic) bond motifs is 4. The molecule has 0 saturated carbocycles. The molecule has 0 spiro atoms. The molecule has 1 aromatic carbocycles. The van der Waals surface area contributed by atoms with Crippen molar-refractivity contribution in [2.24, 2.45) is 5.92 Å². The fourth-order valence-electron chi connectivity index (χ4n) is 4.99. The van der Waals surface area contributed by atoms with E-state index in [2.05, 4.69) is 20.4 Å². The molecule has 5 rings (SSSR count). The third-order valence-electron chi connectivity index (χ3n) is 6.31. The van der Waals surface area contributed by atoms with E-state index in [0.717, 1.165) is 35.7 Å². The van der Waals surface area contributed by atoms with Crippen molar-refractivity contribution < 1.29 is 4.79 Å². The monoisotopic (exact) mass is 415 g/mol. The van der Waals surface area contributed by atoms with Gasteiger partial charge < -0.3 is 10.2 Å². The minimum absolute atomic E-state index is 0.0356. The molecular weight excluding hydrogens is 390 g/mol. The number of anilines is 1. The Morgan fingerprint density at radius 3 is 2.61 bits per heavy atom. The van der Waals surface area contributed by atoms with Crippen molar-refractivity contribution >= 4 is 11.7 Å². The molecule has 7 heteroatoms. The minimum Gasteiger partial charge on any atom is -0.355 e. The summed E-state index contributed by atoms with van der Waals surface area (Å²) >= 11 is 0. The molecule has 2 aromatic heterocycles. The van der Waals surface area contributed by atoms with Gasteiger partial charge in [0, 0.05) is 48.8 Å². The van der Waals surface area contributed by atoms with Gasteiger partial charge in [-0.3, -0.25) is 14.2 Å². The van der Waals surface area contributed by atoms with E-state index in [4.69, 9.17) is 0 Å². The molecule has 1 fully saturated rings. The molecule has 2 aliphatic rings. The molecule has 0 aliphatic carbocycles. The fraction of sp³-hybridized carbons (Fsp3) is 0.333. The largest absolute Gasteiger partial charge is 0.355 e. The molecule has 1 amide bonds. The average Bonchev–Trinajstić information content (AvgIpc) is 2.80. The third-order valence-corrected chi connectivity index (χ3v) is 6.31. The zero-order valence-electron chi connectivity index (χ0n) is 17.4. The molecule has 0 radical (unpaired) electrons. The molecule has 1 saturated heterocycles. The van der Waals surface area contributed by atoms with Gasteiger partial charge in [-0.1, -0.05) is 36.4 Å². The normalized spacial score (nSPS) is 22.0. The van der Waals surface area contributed by atoms with Gasteiger partial charge in [0.25, 0.3) is 5.56 Å². The van der Waals surface area contributed by atoms with Crippen LogP contribution in [0.25, 0.3) is 11.3 Å². The molecule has 2 aliphatic heterocycles. The standard InChI is InChI=1S/C24H25N5O2/c1-2-25-24(31)23-18-13-17(20-9-6-10-22(30)29(20)23)14-28(15-18)21-12-11-19(26-27-21)16-7-4-3-5-8-16/h3-12,17-18,23H,2,13-15H2,1H3,(H,25,31)/t17-,18+,23-/m1/s1. The predicted octanol–water partition coefficient (Wildman–Crippen LogP) is 2.61. The van der Waals surface area contributed by atoms with Crippen LogP contribution < -0.4 is 15.8 Å². The number of likely N-dealkylation sites (N-methyl/N-ethyl adjacent to an activating group) is 1. The van der Waals surface area contributed by atoms with Crippen LogP contribution in [0.5, 0.6) is 0 Å². The number of nitrogens with one attached hydrogen (secondary N) is 1. The SMILES string of the molecule is CCNC(=O)[C@H]1[C@H]2C[C@H](CN(c3ccc(-c4ccccc4)nn3)C2)c2cccc(=O)n21. The van der Waals surface area contributed by atoms with Gasteiger partial charge in [0.1, 0.15) is 6.04 Å². The lowest BCUT2D eigenvalue weighted by Crippen LogP contribution is -2.53. The van der Waals surface area contributed by atoms with Crippen LogP contribution in [0.15, 0.2) is 65.5 Å². The maximum Gasteiger partial charge on any atom is 0.251 e. The molecule has 0 unspecified atom stereocenters. The summed E-state index contributed by atoms with van der Waals surface area (Å²) in [5.41, 5.74) is 2.68. The van der Waals surface area contributed by atoms with Crippen molar-refractivity contribution in [2.75, 3.05) is 24.5 Å². The second-order valence-electron chi connectivity index (χ2n) is 8.24. The Kier molecular flexibility index (Phi) is 5.02. The highest BCUT2D eigenvalue weighted by Gasteiger charge is 2.43. The highest BCUT2D eigenvalue weighted by molar-refractivity contribution is 5.81. The highest BCUT2D eigenvalue weighted by Crippen LogP contribution is 2.42. The summed E-state index contributed by atoms with van der Waals surface area (Å²) in [5.74, 6) is 0.922. The van der Waals surface area contributed by atoms with Crippen molar-refractivity contribution in [3.8, 4) is 11.3 Å². The Morgan fingerprint density at radius 2 is 1.87 bits per heavy atom. The summed E-state index contributed by atoms with van der Waals surface area (Å²) in [6, 6.07) is 18.8. The van der Waals surface area contributed by atoms with Crippen molar-refractivity contribution in [3.63, 3.8) is 0 Å². The Balaban J connectivity index is 1.47. The van der Waals surface area contributed by atoms with E-state index in [1.807, 2.05) is 55.5 Å².